The highest BCUT2D eigenvalue weighted by molar-refractivity contribution is 5.92. The molecule has 17 heavy (non-hydrogen) atoms. The van der Waals surface area contributed by atoms with Crippen molar-refractivity contribution in [3.05, 3.63) is 23.9 Å². The molecule has 0 bridgehead atoms. The summed E-state index contributed by atoms with van der Waals surface area (Å²) in [6.45, 7) is 3.88. The summed E-state index contributed by atoms with van der Waals surface area (Å²) >= 11 is 0. The molecule has 2 N–H and O–H groups in total. The maximum absolute atomic E-state index is 11.8. The van der Waals surface area contributed by atoms with Crippen LogP contribution in [-0.4, -0.2) is 22.0 Å². The largest absolute Gasteiger partial charge is 0.477 e. The van der Waals surface area contributed by atoms with Gasteiger partial charge in [0.05, 0.1) is 0 Å². The lowest BCUT2D eigenvalue weighted by molar-refractivity contribution is -0.120. The molecule has 0 saturated carbocycles. The number of carboxylic acids is 1. The van der Waals surface area contributed by atoms with Crippen molar-refractivity contribution >= 4 is 17.7 Å². The van der Waals surface area contributed by atoms with Crippen LogP contribution in [0.4, 0.5) is 5.82 Å². The van der Waals surface area contributed by atoms with E-state index in [1.54, 1.807) is 12.1 Å². The number of pyridine rings is 1. The average molecular weight is 236 g/mol. The Balaban J connectivity index is 2.78. The number of nitrogens with one attached hydrogen (secondary N) is 1. The first-order chi connectivity index (χ1) is 8.08. The van der Waals surface area contributed by atoms with E-state index in [1.807, 2.05) is 13.8 Å². The number of aromatic nitrogens is 1. The van der Waals surface area contributed by atoms with Crippen LogP contribution in [0.3, 0.4) is 0 Å². The lowest BCUT2D eigenvalue weighted by atomic mass is 10.0. The average Bonchev–Trinajstić information content (AvgIpc) is 2.30. The van der Waals surface area contributed by atoms with Gasteiger partial charge in [0.25, 0.3) is 0 Å². The third-order valence-electron chi connectivity index (χ3n) is 2.58. The number of rotatable bonds is 5. The standard InChI is InChI=1S/C12H16N2O3/c1-3-8(4-2)11(15)14-10-7-5-6-9(13-10)12(16)17/h5-8H,3-4H2,1-2H3,(H,16,17)(H,13,14,15). The molecule has 1 rings (SSSR count). The Hall–Kier alpha value is -1.91. The van der Waals surface area contributed by atoms with Gasteiger partial charge >= 0.3 is 5.97 Å². The minimum atomic E-state index is -1.11. The Bertz CT molecular complexity index is 414. The van der Waals surface area contributed by atoms with Gasteiger partial charge in [-0.05, 0) is 25.0 Å². The van der Waals surface area contributed by atoms with Crippen molar-refractivity contribution in [1.82, 2.24) is 4.98 Å². The third-order valence-corrected chi connectivity index (χ3v) is 2.58. The highest BCUT2D eigenvalue weighted by atomic mass is 16.4. The Kier molecular flexibility index (Phi) is 4.63. The van der Waals surface area contributed by atoms with Gasteiger partial charge in [-0.25, -0.2) is 9.78 Å². The van der Waals surface area contributed by atoms with E-state index >= 15 is 0 Å². The SMILES string of the molecule is CCC(CC)C(=O)Nc1cccc(C(=O)O)n1. The van der Waals surface area contributed by atoms with Crippen molar-refractivity contribution in [2.24, 2.45) is 5.92 Å². The van der Waals surface area contributed by atoms with Gasteiger partial charge in [0.15, 0.2) is 5.69 Å². The summed E-state index contributed by atoms with van der Waals surface area (Å²) in [6.07, 6.45) is 1.50. The molecule has 5 nitrogen and oxygen atoms in total. The number of carbonyl (C=O) groups is 2. The summed E-state index contributed by atoms with van der Waals surface area (Å²) in [4.78, 5) is 26.3. The number of hydrogen-bond donors (Lipinski definition) is 2. The Morgan fingerprint density at radius 2 is 2.00 bits per heavy atom. The van der Waals surface area contributed by atoms with Crippen LogP contribution in [0.15, 0.2) is 18.2 Å². The fraction of sp³-hybridized carbons (Fsp3) is 0.417. The van der Waals surface area contributed by atoms with Crippen molar-refractivity contribution in [3.63, 3.8) is 0 Å². The van der Waals surface area contributed by atoms with Crippen molar-refractivity contribution in [3.8, 4) is 0 Å². The number of carboxylic acid groups (broad SMARTS) is 1. The molecule has 1 amide bonds. The van der Waals surface area contributed by atoms with E-state index in [1.165, 1.54) is 6.07 Å². The molecule has 1 heterocycles. The van der Waals surface area contributed by atoms with Crippen LogP contribution in [0, 0.1) is 5.92 Å². The fourth-order valence-corrected chi connectivity index (χ4v) is 1.51. The third kappa shape index (κ3) is 3.55. The van der Waals surface area contributed by atoms with Gasteiger partial charge in [-0.1, -0.05) is 19.9 Å². The summed E-state index contributed by atoms with van der Waals surface area (Å²) in [7, 11) is 0. The second-order valence-corrected chi connectivity index (χ2v) is 3.72. The molecule has 0 atom stereocenters. The molecule has 1 aromatic heterocycles. The van der Waals surface area contributed by atoms with Gasteiger partial charge in [0, 0.05) is 5.92 Å². The fourth-order valence-electron chi connectivity index (χ4n) is 1.51. The van der Waals surface area contributed by atoms with Gasteiger partial charge in [-0.15, -0.1) is 0 Å². The van der Waals surface area contributed by atoms with Crippen molar-refractivity contribution in [2.75, 3.05) is 5.32 Å². The second kappa shape index (κ2) is 5.98. The number of carbonyl (C=O) groups excluding carboxylic acids is 1. The van der Waals surface area contributed by atoms with E-state index in [9.17, 15) is 9.59 Å². The molecular formula is C12H16N2O3. The predicted octanol–water partition coefficient (Wildman–Crippen LogP) is 2.15. The Morgan fingerprint density at radius 1 is 1.35 bits per heavy atom. The summed E-state index contributed by atoms with van der Waals surface area (Å²) in [5.74, 6) is -1.01. The van der Waals surface area contributed by atoms with Crippen LogP contribution in [-0.2, 0) is 4.79 Å². The zero-order valence-corrected chi connectivity index (χ0v) is 9.93. The molecule has 0 fully saturated rings. The Morgan fingerprint density at radius 3 is 2.53 bits per heavy atom. The van der Waals surface area contributed by atoms with Gasteiger partial charge in [0.2, 0.25) is 5.91 Å². The normalized spacial score (nSPS) is 10.3. The Labute approximate surface area is 99.9 Å². The zero-order chi connectivity index (χ0) is 12.8. The van der Waals surface area contributed by atoms with Crippen LogP contribution in [0.1, 0.15) is 37.2 Å². The summed E-state index contributed by atoms with van der Waals surface area (Å²) in [5.41, 5.74) is -0.0765. The molecule has 0 aliphatic rings. The maximum atomic E-state index is 11.8. The first-order valence-electron chi connectivity index (χ1n) is 5.59. The highest BCUT2D eigenvalue weighted by Crippen LogP contribution is 2.12. The van der Waals surface area contributed by atoms with E-state index in [4.69, 9.17) is 5.11 Å². The summed E-state index contributed by atoms with van der Waals surface area (Å²) < 4.78 is 0. The first-order valence-corrected chi connectivity index (χ1v) is 5.59. The van der Waals surface area contributed by atoms with Gasteiger partial charge in [-0.2, -0.15) is 0 Å². The van der Waals surface area contributed by atoms with Crippen molar-refractivity contribution < 1.29 is 14.7 Å². The zero-order valence-electron chi connectivity index (χ0n) is 9.93. The number of amides is 1. The molecule has 0 aliphatic carbocycles. The van der Waals surface area contributed by atoms with Gasteiger partial charge in [0.1, 0.15) is 5.82 Å². The summed E-state index contributed by atoms with van der Waals surface area (Å²) in [6, 6.07) is 4.51. The van der Waals surface area contributed by atoms with Gasteiger partial charge < -0.3 is 10.4 Å². The van der Waals surface area contributed by atoms with E-state index in [2.05, 4.69) is 10.3 Å². The molecule has 0 aliphatic heterocycles. The maximum Gasteiger partial charge on any atom is 0.354 e. The number of hydrogen-bond acceptors (Lipinski definition) is 3. The van der Waals surface area contributed by atoms with E-state index in [0.29, 0.717) is 0 Å². The molecule has 0 radical (unpaired) electrons. The number of anilines is 1. The lowest BCUT2D eigenvalue weighted by Crippen LogP contribution is -2.22. The quantitative estimate of drug-likeness (QED) is 0.821. The molecule has 1 aromatic rings. The van der Waals surface area contributed by atoms with Crippen LogP contribution in [0.5, 0.6) is 0 Å². The van der Waals surface area contributed by atoms with Crippen LogP contribution in [0.25, 0.3) is 0 Å². The number of nitrogens with zero attached hydrogens (tertiary/aromatic N) is 1. The molecule has 92 valence electrons. The van der Waals surface area contributed by atoms with Crippen LogP contribution in [0.2, 0.25) is 0 Å². The molecule has 0 saturated heterocycles. The van der Waals surface area contributed by atoms with E-state index < -0.39 is 5.97 Å². The predicted molar refractivity (Wildman–Crippen MR) is 63.9 cm³/mol. The topological polar surface area (TPSA) is 79.3 Å². The van der Waals surface area contributed by atoms with Crippen LogP contribution >= 0.6 is 0 Å². The van der Waals surface area contributed by atoms with Crippen molar-refractivity contribution in [2.45, 2.75) is 26.7 Å². The molecule has 5 heteroatoms. The smallest absolute Gasteiger partial charge is 0.354 e. The lowest BCUT2D eigenvalue weighted by Gasteiger charge is -2.12. The molecule has 0 unspecified atom stereocenters. The molecule has 0 spiro atoms. The molecular weight excluding hydrogens is 220 g/mol. The van der Waals surface area contributed by atoms with Crippen LogP contribution < -0.4 is 5.32 Å². The second-order valence-electron chi connectivity index (χ2n) is 3.72. The first kappa shape index (κ1) is 13.2. The molecule has 0 aromatic carbocycles. The van der Waals surface area contributed by atoms with E-state index in [0.717, 1.165) is 12.8 Å². The minimum Gasteiger partial charge on any atom is -0.477 e. The van der Waals surface area contributed by atoms with Crippen molar-refractivity contribution in [1.29, 1.82) is 0 Å². The highest BCUT2D eigenvalue weighted by Gasteiger charge is 2.15. The van der Waals surface area contributed by atoms with E-state index in [-0.39, 0.29) is 23.3 Å². The van der Waals surface area contributed by atoms with Gasteiger partial charge in [-0.3, -0.25) is 4.79 Å². The minimum absolute atomic E-state index is 0.0646. The number of aromatic carboxylic acids is 1. The summed E-state index contributed by atoms with van der Waals surface area (Å²) in [5, 5.41) is 11.4. The monoisotopic (exact) mass is 236 g/mol.